The van der Waals surface area contributed by atoms with Crippen LogP contribution in [0.5, 0.6) is 0 Å². The number of benzene rings is 1. The third-order valence-corrected chi connectivity index (χ3v) is 4.39. The third-order valence-electron chi connectivity index (χ3n) is 4.39. The van der Waals surface area contributed by atoms with Crippen LogP contribution in [0.3, 0.4) is 0 Å². The molecule has 146 valence electrons. The Balaban J connectivity index is 1.89. The number of aromatic nitrogens is 3. The van der Waals surface area contributed by atoms with Crippen LogP contribution in [-0.2, 0) is 6.54 Å². The summed E-state index contributed by atoms with van der Waals surface area (Å²) in [4.78, 5) is 13.4. The maximum absolute atomic E-state index is 13.9. The van der Waals surface area contributed by atoms with Crippen molar-refractivity contribution in [3.8, 4) is 11.4 Å². The zero-order valence-corrected chi connectivity index (χ0v) is 15.9. The van der Waals surface area contributed by atoms with Gasteiger partial charge < -0.3 is 15.7 Å². The van der Waals surface area contributed by atoms with Crippen molar-refractivity contribution in [1.29, 1.82) is 0 Å². The van der Waals surface area contributed by atoms with Gasteiger partial charge in [-0.25, -0.2) is 9.37 Å². The Morgan fingerprint density at radius 1 is 1.04 bits per heavy atom. The van der Waals surface area contributed by atoms with Crippen molar-refractivity contribution >= 4 is 11.8 Å². The summed E-state index contributed by atoms with van der Waals surface area (Å²) in [7, 11) is 0. The number of nitrogens with one attached hydrogen (secondary N) is 2. The van der Waals surface area contributed by atoms with Gasteiger partial charge in [0.05, 0.1) is 24.0 Å². The van der Waals surface area contributed by atoms with E-state index in [1.807, 2.05) is 32.0 Å². The molecule has 0 spiro atoms. The van der Waals surface area contributed by atoms with Crippen LogP contribution in [0.1, 0.15) is 19.4 Å². The lowest BCUT2D eigenvalue weighted by molar-refractivity contribution is 0.248. The zero-order chi connectivity index (χ0) is 19.9. The molecule has 0 fully saturated rings. The van der Waals surface area contributed by atoms with Gasteiger partial charge in [-0.05, 0) is 24.1 Å². The highest BCUT2D eigenvalue weighted by molar-refractivity contribution is 5.61. The highest BCUT2D eigenvalue weighted by Crippen LogP contribution is 2.21. The van der Waals surface area contributed by atoms with Gasteiger partial charge in [-0.3, -0.25) is 4.98 Å². The second kappa shape index (κ2) is 9.23. The summed E-state index contributed by atoms with van der Waals surface area (Å²) in [6.07, 6.45) is 1.70. The van der Waals surface area contributed by atoms with Gasteiger partial charge in [-0.15, -0.1) is 0 Å². The monoisotopic (exact) mass is 381 g/mol. The quantitative estimate of drug-likeness (QED) is 0.552. The lowest BCUT2D eigenvalue weighted by Crippen LogP contribution is -2.30. The molecule has 0 saturated carbocycles. The fourth-order valence-corrected chi connectivity index (χ4v) is 2.66. The summed E-state index contributed by atoms with van der Waals surface area (Å²) in [5, 5.41) is 15.9. The van der Waals surface area contributed by atoms with Crippen LogP contribution in [0.4, 0.5) is 16.2 Å². The van der Waals surface area contributed by atoms with Crippen LogP contribution in [-0.4, -0.2) is 32.7 Å². The molecule has 0 unspecified atom stereocenters. The van der Waals surface area contributed by atoms with Gasteiger partial charge in [-0.2, -0.15) is 4.98 Å². The second-order valence-corrected chi connectivity index (χ2v) is 6.80. The number of hydrogen-bond acceptors (Lipinski definition) is 6. The van der Waals surface area contributed by atoms with Crippen LogP contribution >= 0.6 is 0 Å². The third kappa shape index (κ3) is 5.01. The molecule has 3 aromatic rings. The van der Waals surface area contributed by atoms with Gasteiger partial charge in [0.15, 0.2) is 0 Å². The van der Waals surface area contributed by atoms with Gasteiger partial charge in [0, 0.05) is 24.4 Å². The van der Waals surface area contributed by atoms with E-state index in [0.29, 0.717) is 35.3 Å². The maximum Gasteiger partial charge on any atom is 0.225 e. The van der Waals surface area contributed by atoms with E-state index in [-0.39, 0.29) is 24.4 Å². The van der Waals surface area contributed by atoms with E-state index in [1.165, 1.54) is 6.07 Å². The largest absolute Gasteiger partial charge is 0.394 e. The SMILES string of the molecule is CC(C)[C@@H](CO)Nc1nc(NCc2ccccc2F)cc(-c2ccccn2)n1. The molecule has 0 aliphatic carbocycles. The second-order valence-electron chi connectivity index (χ2n) is 6.80. The van der Waals surface area contributed by atoms with E-state index >= 15 is 0 Å². The molecule has 1 atom stereocenters. The first-order chi connectivity index (χ1) is 13.6. The van der Waals surface area contributed by atoms with Gasteiger partial charge in [0.25, 0.3) is 0 Å². The van der Waals surface area contributed by atoms with E-state index in [0.717, 1.165) is 0 Å². The number of rotatable bonds is 8. The molecule has 3 N–H and O–H groups in total. The number of anilines is 2. The smallest absolute Gasteiger partial charge is 0.225 e. The molecule has 6 nitrogen and oxygen atoms in total. The summed E-state index contributed by atoms with van der Waals surface area (Å²) >= 11 is 0. The summed E-state index contributed by atoms with van der Waals surface area (Å²) in [5.41, 5.74) is 1.88. The van der Waals surface area contributed by atoms with E-state index in [4.69, 9.17) is 0 Å². The van der Waals surface area contributed by atoms with Gasteiger partial charge in [0.1, 0.15) is 11.6 Å². The molecule has 0 amide bonds. The summed E-state index contributed by atoms with van der Waals surface area (Å²) in [6, 6.07) is 13.8. The Morgan fingerprint density at radius 3 is 2.50 bits per heavy atom. The molecular formula is C21H24FN5O. The van der Waals surface area contributed by atoms with Gasteiger partial charge in [-0.1, -0.05) is 38.1 Å². The first kappa shape index (κ1) is 19.7. The molecule has 7 heteroatoms. The van der Waals surface area contributed by atoms with Crippen molar-refractivity contribution in [1.82, 2.24) is 15.0 Å². The average molecular weight is 381 g/mol. The van der Waals surface area contributed by atoms with Crippen molar-refractivity contribution in [3.63, 3.8) is 0 Å². The Morgan fingerprint density at radius 2 is 1.82 bits per heavy atom. The minimum absolute atomic E-state index is 0.0349. The summed E-state index contributed by atoms with van der Waals surface area (Å²) in [6.45, 7) is 4.27. The molecule has 0 aliphatic heterocycles. The van der Waals surface area contributed by atoms with Crippen molar-refractivity contribution < 1.29 is 9.50 Å². The number of hydrogen-bond donors (Lipinski definition) is 3. The Hall–Kier alpha value is -3.06. The fraction of sp³-hybridized carbons (Fsp3) is 0.286. The van der Waals surface area contributed by atoms with Crippen LogP contribution in [0.2, 0.25) is 0 Å². The standard InChI is InChI=1S/C21H24FN5O/c1-14(2)19(13-28)26-21-25-18(17-9-5-6-10-23-17)11-20(27-21)24-12-15-7-3-4-8-16(15)22/h3-11,14,19,28H,12-13H2,1-2H3,(H2,24,25,26,27)/t19-/m1/s1. The van der Waals surface area contributed by atoms with E-state index in [1.54, 1.807) is 30.5 Å². The van der Waals surface area contributed by atoms with Crippen LogP contribution in [0, 0.1) is 11.7 Å². The number of nitrogens with zero attached hydrogens (tertiary/aromatic N) is 3. The highest BCUT2D eigenvalue weighted by atomic mass is 19.1. The number of pyridine rings is 1. The number of aliphatic hydroxyl groups is 1. The van der Waals surface area contributed by atoms with E-state index < -0.39 is 0 Å². The average Bonchev–Trinajstić information content (AvgIpc) is 2.71. The Kier molecular flexibility index (Phi) is 6.49. The lowest BCUT2D eigenvalue weighted by atomic mass is 10.1. The molecule has 28 heavy (non-hydrogen) atoms. The van der Waals surface area contributed by atoms with E-state index in [9.17, 15) is 9.50 Å². The highest BCUT2D eigenvalue weighted by Gasteiger charge is 2.15. The van der Waals surface area contributed by atoms with Crippen LogP contribution in [0.15, 0.2) is 54.7 Å². The summed E-state index contributed by atoms with van der Waals surface area (Å²) < 4.78 is 13.9. The molecule has 0 aliphatic rings. The van der Waals surface area contributed by atoms with Gasteiger partial charge >= 0.3 is 0 Å². The normalized spacial score (nSPS) is 12.0. The fourth-order valence-electron chi connectivity index (χ4n) is 2.66. The van der Waals surface area contributed by atoms with Crippen LogP contribution < -0.4 is 10.6 Å². The molecule has 2 heterocycles. The first-order valence-electron chi connectivity index (χ1n) is 9.22. The predicted octanol–water partition coefficient (Wildman–Crippen LogP) is 3.72. The molecule has 3 rings (SSSR count). The predicted molar refractivity (Wildman–Crippen MR) is 108 cm³/mol. The number of aliphatic hydroxyl groups excluding tert-OH is 1. The zero-order valence-electron chi connectivity index (χ0n) is 15.9. The minimum atomic E-state index is -0.271. The van der Waals surface area contributed by atoms with Crippen molar-refractivity contribution in [2.45, 2.75) is 26.4 Å². The van der Waals surface area contributed by atoms with Gasteiger partial charge in [0.2, 0.25) is 5.95 Å². The molecule has 2 aromatic heterocycles. The molecule has 0 radical (unpaired) electrons. The Labute approximate surface area is 163 Å². The summed E-state index contributed by atoms with van der Waals surface area (Å²) in [5.74, 6) is 0.850. The topological polar surface area (TPSA) is 83.0 Å². The molecular weight excluding hydrogens is 357 g/mol. The maximum atomic E-state index is 13.9. The van der Waals surface area contributed by atoms with Crippen molar-refractivity contribution in [2.24, 2.45) is 5.92 Å². The number of halogens is 1. The lowest BCUT2D eigenvalue weighted by Gasteiger charge is -2.20. The molecule has 0 bridgehead atoms. The van der Waals surface area contributed by atoms with Crippen molar-refractivity contribution in [3.05, 3.63) is 66.1 Å². The van der Waals surface area contributed by atoms with Crippen molar-refractivity contribution in [2.75, 3.05) is 17.2 Å². The Bertz CT molecular complexity index is 904. The molecule has 1 aromatic carbocycles. The van der Waals surface area contributed by atoms with Crippen LogP contribution in [0.25, 0.3) is 11.4 Å². The minimum Gasteiger partial charge on any atom is -0.394 e. The molecule has 0 saturated heterocycles. The van der Waals surface area contributed by atoms with E-state index in [2.05, 4.69) is 25.6 Å². The first-order valence-corrected chi connectivity index (χ1v) is 9.22.